The summed E-state index contributed by atoms with van der Waals surface area (Å²) >= 11 is 0. The molecule has 3 heterocycles. The molecule has 10 heteroatoms. The fourth-order valence-electron chi connectivity index (χ4n) is 4.09. The van der Waals surface area contributed by atoms with Crippen molar-refractivity contribution in [2.45, 2.75) is 46.3 Å². The first-order chi connectivity index (χ1) is 18.5. The predicted octanol–water partition coefficient (Wildman–Crippen LogP) is 5.37. The highest BCUT2D eigenvalue weighted by atomic mass is 16.6. The van der Waals surface area contributed by atoms with Crippen LogP contribution in [0.4, 0.5) is 10.6 Å². The highest BCUT2D eigenvalue weighted by Gasteiger charge is 2.22. The quantitative estimate of drug-likeness (QED) is 0.287. The van der Waals surface area contributed by atoms with Crippen molar-refractivity contribution in [3.05, 3.63) is 42.9 Å². The molecule has 0 saturated carbocycles. The zero-order valence-electron chi connectivity index (χ0n) is 23.4. The summed E-state index contributed by atoms with van der Waals surface area (Å²) in [6.45, 7) is 9.73. The molecule has 39 heavy (non-hydrogen) atoms. The highest BCUT2D eigenvalue weighted by Crippen LogP contribution is 2.37. The summed E-state index contributed by atoms with van der Waals surface area (Å²) in [5.41, 5.74) is 7.88. The molecule has 0 saturated heterocycles. The molecule has 4 rings (SSSR count). The number of carbonyl (C=O) groups excluding carboxylic acids is 1. The van der Waals surface area contributed by atoms with Crippen molar-refractivity contribution in [2.24, 2.45) is 5.92 Å². The zero-order chi connectivity index (χ0) is 28.3. The number of ether oxygens (including phenoxy) is 4. The Bertz CT molecular complexity index is 1500. The number of nitrogens with zero attached hydrogens (tertiary/aromatic N) is 3. The monoisotopic (exact) mass is 533 g/mol. The number of benzene rings is 1. The summed E-state index contributed by atoms with van der Waals surface area (Å²) < 4.78 is 22.4. The Balaban J connectivity index is 1.63. The van der Waals surface area contributed by atoms with Crippen LogP contribution in [0.2, 0.25) is 0 Å². The lowest BCUT2D eigenvalue weighted by atomic mass is 10.0. The molecule has 1 amide bonds. The van der Waals surface area contributed by atoms with Gasteiger partial charge in [0.05, 0.1) is 37.7 Å². The van der Waals surface area contributed by atoms with Gasteiger partial charge in [-0.2, -0.15) is 0 Å². The van der Waals surface area contributed by atoms with E-state index in [0.717, 1.165) is 27.2 Å². The molecule has 206 valence electrons. The Morgan fingerprint density at radius 1 is 0.974 bits per heavy atom. The molecular formula is C29H35N5O5. The van der Waals surface area contributed by atoms with E-state index in [9.17, 15) is 4.79 Å². The second kappa shape index (κ2) is 11.2. The molecule has 0 fully saturated rings. The second-order valence-electron chi connectivity index (χ2n) is 10.6. The molecule has 3 aromatic heterocycles. The molecule has 0 spiro atoms. The van der Waals surface area contributed by atoms with Crippen molar-refractivity contribution in [2.75, 3.05) is 26.6 Å². The lowest BCUT2D eigenvalue weighted by Gasteiger charge is -2.25. The smallest absolute Gasteiger partial charge is 0.407 e. The first kappa shape index (κ1) is 27.7. The van der Waals surface area contributed by atoms with Crippen molar-refractivity contribution in [3.8, 4) is 28.5 Å². The number of pyridine rings is 3. The van der Waals surface area contributed by atoms with E-state index < -0.39 is 11.7 Å². The van der Waals surface area contributed by atoms with Gasteiger partial charge in [0.15, 0.2) is 11.5 Å². The van der Waals surface area contributed by atoms with Crippen LogP contribution < -0.4 is 25.3 Å². The number of carbonyl (C=O) groups is 1. The number of rotatable bonds is 8. The number of amides is 1. The molecule has 0 aliphatic rings. The van der Waals surface area contributed by atoms with Crippen molar-refractivity contribution >= 4 is 33.6 Å². The lowest BCUT2D eigenvalue weighted by molar-refractivity contribution is 0.0468. The molecule has 4 aromatic rings. The largest absolute Gasteiger partial charge is 0.493 e. The predicted molar refractivity (Wildman–Crippen MR) is 151 cm³/mol. The standard InChI is InChI=1S/C29H35N5O5/c1-16(2)24(34-28(35)39-29(3,4)5)15-38-18-8-17(12-31-13-18)22-9-19-20-10-25(36-6)26(37-7)11-23(20)32-14-21(19)27(30)33-22/h8-14,16,24H,15H2,1-7H3,(H2,30,33)(H,34,35)/t24-/m0/s1. The Morgan fingerprint density at radius 2 is 1.69 bits per heavy atom. The molecule has 3 N–H and O–H groups in total. The number of aromatic nitrogens is 3. The Labute approximate surface area is 227 Å². The maximum absolute atomic E-state index is 12.3. The minimum absolute atomic E-state index is 0.119. The Hall–Kier alpha value is -4.34. The van der Waals surface area contributed by atoms with E-state index in [4.69, 9.17) is 24.7 Å². The second-order valence-corrected chi connectivity index (χ2v) is 10.6. The van der Waals surface area contributed by atoms with E-state index in [0.29, 0.717) is 28.8 Å². The summed E-state index contributed by atoms with van der Waals surface area (Å²) in [5.74, 6) is 2.19. The summed E-state index contributed by atoms with van der Waals surface area (Å²) in [5, 5.41) is 5.35. The first-order valence-corrected chi connectivity index (χ1v) is 12.7. The molecule has 0 bridgehead atoms. The third-order valence-corrected chi connectivity index (χ3v) is 6.16. The van der Waals surface area contributed by atoms with Gasteiger partial charge < -0.3 is 30.0 Å². The minimum Gasteiger partial charge on any atom is -0.493 e. The van der Waals surface area contributed by atoms with Gasteiger partial charge >= 0.3 is 6.09 Å². The van der Waals surface area contributed by atoms with Crippen molar-refractivity contribution < 1.29 is 23.7 Å². The maximum atomic E-state index is 12.3. The van der Waals surface area contributed by atoms with E-state index in [-0.39, 0.29) is 18.6 Å². The van der Waals surface area contributed by atoms with Crippen LogP contribution in [0.25, 0.3) is 32.9 Å². The molecule has 0 radical (unpaired) electrons. The maximum Gasteiger partial charge on any atom is 0.407 e. The Kier molecular flexibility index (Phi) is 7.94. The highest BCUT2D eigenvalue weighted by molar-refractivity contribution is 6.10. The lowest BCUT2D eigenvalue weighted by Crippen LogP contribution is -2.45. The van der Waals surface area contributed by atoms with Crippen LogP contribution in [0.1, 0.15) is 34.6 Å². The molecule has 1 aromatic carbocycles. The first-order valence-electron chi connectivity index (χ1n) is 12.7. The molecule has 10 nitrogen and oxygen atoms in total. The fraction of sp³-hybridized carbons (Fsp3) is 0.379. The topological polar surface area (TPSA) is 131 Å². The molecule has 0 unspecified atom stereocenters. The third kappa shape index (κ3) is 6.39. The van der Waals surface area contributed by atoms with Crippen LogP contribution in [0.5, 0.6) is 17.2 Å². The Morgan fingerprint density at radius 3 is 2.36 bits per heavy atom. The average molecular weight is 534 g/mol. The number of anilines is 1. The van der Waals surface area contributed by atoms with Crippen LogP contribution in [-0.2, 0) is 4.74 Å². The van der Waals surface area contributed by atoms with Gasteiger partial charge in [-0.25, -0.2) is 9.78 Å². The summed E-state index contributed by atoms with van der Waals surface area (Å²) in [7, 11) is 3.18. The van der Waals surface area contributed by atoms with Crippen LogP contribution in [0.15, 0.2) is 42.9 Å². The summed E-state index contributed by atoms with van der Waals surface area (Å²) in [6.07, 6.45) is 4.54. The van der Waals surface area contributed by atoms with E-state index in [1.807, 2.05) is 58.9 Å². The van der Waals surface area contributed by atoms with E-state index in [1.165, 1.54) is 0 Å². The average Bonchev–Trinajstić information content (AvgIpc) is 2.88. The van der Waals surface area contributed by atoms with Crippen molar-refractivity contribution in [3.63, 3.8) is 0 Å². The molecule has 0 aliphatic heterocycles. The van der Waals surface area contributed by atoms with Gasteiger partial charge in [-0.05, 0) is 50.3 Å². The van der Waals surface area contributed by atoms with Crippen molar-refractivity contribution in [1.82, 2.24) is 20.3 Å². The number of methoxy groups -OCH3 is 2. The van der Waals surface area contributed by atoms with E-state index in [1.54, 1.807) is 32.8 Å². The summed E-state index contributed by atoms with van der Waals surface area (Å²) in [4.78, 5) is 25.8. The normalized spacial score (nSPS) is 12.4. The van der Waals surface area contributed by atoms with Crippen molar-refractivity contribution in [1.29, 1.82) is 0 Å². The van der Waals surface area contributed by atoms with Gasteiger partial charge in [-0.15, -0.1) is 0 Å². The number of nitrogen functional groups attached to an aromatic ring is 1. The SMILES string of the molecule is COc1cc2ncc3c(N)nc(-c4cncc(OC[C@H](NC(=O)OC(C)(C)C)C(C)C)c4)cc3c2cc1OC. The number of hydrogen-bond acceptors (Lipinski definition) is 9. The zero-order valence-corrected chi connectivity index (χ0v) is 23.4. The third-order valence-electron chi connectivity index (χ3n) is 6.16. The summed E-state index contributed by atoms with van der Waals surface area (Å²) in [6, 6.07) is 7.25. The van der Waals surface area contributed by atoms with Gasteiger partial charge in [0.1, 0.15) is 23.8 Å². The van der Waals surface area contributed by atoms with Gasteiger partial charge in [0.25, 0.3) is 0 Å². The van der Waals surface area contributed by atoms with E-state index >= 15 is 0 Å². The van der Waals surface area contributed by atoms with Crippen LogP contribution in [0.3, 0.4) is 0 Å². The van der Waals surface area contributed by atoms with Crippen LogP contribution >= 0.6 is 0 Å². The fourth-order valence-corrected chi connectivity index (χ4v) is 4.09. The molecular weight excluding hydrogens is 498 g/mol. The number of nitrogens with one attached hydrogen (secondary N) is 1. The number of fused-ring (bicyclic) bond motifs is 3. The van der Waals surface area contributed by atoms with Crippen LogP contribution in [0, 0.1) is 5.92 Å². The van der Waals surface area contributed by atoms with Gasteiger partial charge in [0.2, 0.25) is 0 Å². The van der Waals surface area contributed by atoms with Gasteiger partial charge in [-0.1, -0.05) is 13.8 Å². The number of nitrogens with two attached hydrogens (primary N) is 1. The molecule has 0 aliphatic carbocycles. The van der Waals surface area contributed by atoms with E-state index in [2.05, 4.69) is 20.3 Å². The number of alkyl carbamates (subject to hydrolysis) is 1. The van der Waals surface area contributed by atoms with Crippen LogP contribution in [-0.4, -0.2) is 53.5 Å². The number of hydrogen-bond donors (Lipinski definition) is 2. The molecule has 1 atom stereocenters. The van der Waals surface area contributed by atoms with Gasteiger partial charge in [-0.3, -0.25) is 9.97 Å². The van der Waals surface area contributed by atoms with Gasteiger partial charge in [0, 0.05) is 34.8 Å². The minimum atomic E-state index is -0.585.